The second kappa shape index (κ2) is 6.15. The lowest BCUT2D eigenvalue weighted by Gasteiger charge is -2.11. The zero-order valence-corrected chi connectivity index (χ0v) is 12.1. The second-order valence-electron chi connectivity index (χ2n) is 4.88. The Morgan fingerprint density at radius 1 is 0.958 bits per heavy atom. The maximum Gasteiger partial charge on any atom is 0.416 e. The lowest BCUT2D eigenvalue weighted by atomic mass is 10.1. The van der Waals surface area contributed by atoms with E-state index < -0.39 is 17.8 Å². The number of benzene rings is 1. The number of urea groups is 1. The van der Waals surface area contributed by atoms with Crippen LogP contribution in [0.2, 0.25) is 0 Å². The van der Waals surface area contributed by atoms with Crippen LogP contribution >= 0.6 is 0 Å². The van der Waals surface area contributed by atoms with Gasteiger partial charge in [0.2, 0.25) is 0 Å². The Labute approximate surface area is 134 Å². The number of amides is 2. The van der Waals surface area contributed by atoms with E-state index in [4.69, 9.17) is 0 Å². The summed E-state index contributed by atoms with van der Waals surface area (Å²) in [5.41, 5.74) is -0.305. The number of pyridine rings is 2. The van der Waals surface area contributed by atoms with E-state index in [0.717, 1.165) is 12.1 Å². The summed E-state index contributed by atoms with van der Waals surface area (Å²) in [6, 6.07) is 9.15. The average Bonchev–Trinajstić information content (AvgIpc) is 2.54. The zero-order chi connectivity index (χ0) is 17.2. The van der Waals surface area contributed by atoms with E-state index >= 15 is 0 Å². The SMILES string of the molecule is O=C(Nc1ccccn1)Nc1ccnc2cc(C(F)(F)F)ccc12. The number of halogens is 3. The van der Waals surface area contributed by atoms with Crippen molar-refractivity contribution >= 4 is 28.4 Å². The molecule has 0 saturated carbocycles. The van der Waals surface area contributed by atoms with Crippen molar-refractivity contribution in [3.05, 3.63) is 60.4 Å². The highest BCUT2D eigenvalue weighted by atomic mass is 19.4. The molecule has 3 rings (SSSR count). The topological polar surface area (TPSA) is 66.9 Å². The Morgan fingerprint density at radius 2 is 1.79 bits per heavy atom. The summed E-state index contributed by atoms with van der Waals surface area (Å²) in [4.78, 5) is 19.9. The molecule has 0 fully saturated rings. The van der Waals surface area contributed by atoms with E-state index in [0.29, 0.717) is 16.9 Å². The van der Waals surface area contributed by atoms with Gasteiger partial charge in [-0.1, -0.05) is 12.1 Å². The highest BCUT2D eigenvalue weighted by Gasteiger charge is 2.30. The summed E-state index contributed by atoms with van der Waals surface area (Å²) >= 11 is 0. The van der Waals surface area contributed by atoms with Gasteiger partial charge in [-0.25, -0.2) is 9.78 Å². The molecule has 0 bridgehead atoms. The van der Waals surface area contributed by atoms with Crippen LogP contribution in [0.3, 0.4) is 0 Å². The van der Waals surface area contributed by atoms with E-state index in [2.05, 4.69) is 20.6 Å². The molecule has 3 aromatic rings. The number of rotatable bonds is 2. The minimum atomic E-state index is -4.45. The predicted molar refractivity (Wildman–Crippen MR) is 83.6 cm³/mol. The number of nitrogens with zero attached hydrogens (tertiary/aromatic N) is 2. The van der Waals surface area contributed by atoms with Crippen LogP contribution in [0.1, 0.15) is 5.56 Å². The van der Waals surface area contributed by atoms with Crippen LogP contribution in [0.5, 0.6) is 0 Å². The molecule has 2 N–H and O–H groups in total. The van der Waals surface area contributed by atoms with Crippen molar-refractivity contribution < 1.29 is 18.0 Å². The average molecular weight is 332 g/mol. The minimum Gasteiger partial charge on any atom is -0.307 e. The fourth-order valence-corrected chi connectivity index (χ4v) is 2.14. The third kappa shape index (κ3) is 3.43. The smallest absolute Gasteiger partial charge is 0.307 e. The van der Waals surface area contributed by atoms with E-state index in [1.54, 1.807) is 18.2 Å². The van der Waals surface area contributed by atoms with Gasteiger partial charge in [0.25, 0.3) is 0 Å². The molecule has 122 valence electrons. The molecule has 0 spiro atoms. The number of hydrogen-bond acceptors (Lipinski definition) is 3. The Hall–Kier alpha value is -3.16. The van der Waals surface area contributed by atoms with Gasteiger partial charge in [0, 0.05) is 17.8 Å². The number of fused-ring (bicyclic) bond motifs is 1. The maximum absolute atomic E-state index is 12.8. The van der Waals surface area contributed by atoms with E-state index in [-0.39, 0.29) is 5.52 Å². The summed E-state index contributed by atoms with van der Waals surface area (Å²) in [5.74, 6) is 0.354. The molecule has 0 radical (unpaired) electrons. The van der Waals surface area contributed by atoms with Crippen LogP contribution in [0.25, 0.3) is 10.9 Å². The fraction of sp³-hybridized carbons (Fsp3) is 0.0625. The number of alkyl halides is 3. The van der Waals surface area contributed by atoms with E-state index in [9.17, 15) is 18.0 Å². The van der Waals surface area contributed by atoms with Gasteiger partial charge in [0.15, 0.2) is 0 Å². The van der Waals surface area contributed by atoms with Crippen molar-refractivity contribution in [2.24, 2.45) is 0 Å². The number of hydrogen-bond donors (Lipinski definition) is 2. The van der Waals surface area contributed by atoms with Crippen LogP contribution in [0, 0.1) is 0 Å². The number of carbonyl (C=O) groups is 1. The lowest BCUT2D eigenvalue weighted by molar-refractivity contribution is -0.137. The van der Waals surface area contributed by atoms with Crippen molar-refractivity contribution in [2.75, 3.05) is 10.6 Å². The van der Waals surface area contributed by atoms with Crippen LogP contribution in [0.15, 0.2) is 54.9 Å². The van der Waals surface area contributed by atoms with Crippen LogP contribution in [-0.2, 0) is 6.18 Å². The molecule has 5 nitrogen and oxygen atoms in total. The largest absolute Gasteiger partial charge is 0.416 e. The third-order valence-corrected chi connectivity index (χ3v) is 3.22. The first-order valence-electron chi connectivity index (χ1n) is 6.88. The second-order valence-corrected chi connectivity index (χ2v) is 4.88. The van der Waals surface area contributed by atoms with Gasteiger partial charge in [0.05, 0.1) is 16.8 Å². The van der Waals surface area contributed by atoms with Crippen LogP contribution in [-0.4, -0.2) is 16.0 Å². The molecule has 0 unspecified atom stereocenters. The summed E-state index contributed by atoms with van der Waals surface area (Å²) in [7, 11) is 0. The molecule has 2 aromatic heterocycles. The van der Waals surface area contributed by atoms with Crippen molar-refractivity contribution in [2.45, 2.75) is 6.18 Å². The molecule has 24 heavy (non-hydrogen) atoms. The van der Waals surface area contributed by atoms with Crippen LogP contribution < -0.4 is 10.6 Å². The van der Waals surface area contributed by atoms with Crippen LogP contribution in [0.4, 0.5) is 29.5 Å². The van der Waals surface area contributed by atoms with Crippen molar-refractivity contribution in [3.8, 4) is 0 Å². The van der Waals surface area contributed by atoms with Gasteiger partial charge in [-0.3, -0.25) is 10.3 Å². The quantitative estimate of drug-likeness (QED) is 0.735. The lowest BCUT2D eigenvalue weighted by Crippen LogP contribution is -2.20. The van der Waals surface area contributed by atoms with Crippen molar-refractivity contribution in [1.82, 2.24) is 9.97 Å². The molecule has 0 aliphatic heterocycles. The maximum atomic E-state index is 12.8. The van der Waals surface area contributed by atoms with Crippen molar-refractivity contribution in [1.29, 1.82) is 0 Å². The molecule has 2 heterocycles. The monoisotopic (exact) mass is 332 g/mol. The number of carbonyl (C=O) groups excluding carboxylic acids is 1. The Balaban J connectivity index is 1.86. The highest BCUT2D eigenvalue weighted by Crippen LogP contribution is 2.32. The molecule has 2 amide bonds. The fourth-order valence-electron chi connectivity index (χ4n) is 2.14. The van der Waals surface area contributed by atoms with Gasteiger partial charge in [-0.15, -0.1) is 0 Å². The van der Waals surface area contributed by atoms with Gasteiger partial charge in [-0.2, -0.15) is 13.2 Å². The molecular weight excluding hydrogens is 321 g/mol. The van der Waals surface area contributed by atoms with Gasteiger partial charge in [0.1, 0.15) is 5.82 Å². The standard InChI is InChI=1S/C16H11F3N4O/c17-16(18,19)10-4-5-11-12(6-8-20-13(11)9-10)22-15(24)23-14-3-1-2-7-21-14/h1-9H,(H2,20,21,22,23,24). The molecule has 8 heteroatoms. The molecule has 1 aromatic carbocycles. The Bertz CT molecular complexity index is 881. The van der Waals surface area contributed by atoms with Gasteiger partial charge in [-0.05, 0) is 30.3 Å². The van der Waals surface area contributed by atoms with Gasteiger partial charge >= 0.3 is 12.2 Å². The van der Waals surface area contributed by atoms with Crippen molar-refractivity contribution in [3.63, 3.8) is 0 Å². The number of nitrogens with one attached hydrogen (secondary N) is 2. The first kappa shape index (κ1) is 15.7. The third-order valence-electron chi connectivity index (χ3n) is 3.22. The first-order chi connectivity index (χ1) is 11.4. The molecule has 0 aliphatic carbocycles. The summed E-state index contributed by atoms with van der Waals surface area (Å²) in [6.07, 6.45) is -1.59. The Kier molecular flexibility index (Phi) is 4.03. The summed E-state index contributed by atoms with van der Waals surface area (Å²) in [5, 5.41) is 5.51. The summed E-state index contributed by atoms with van der Waals surface area (Å²) in [6.45, 7) is 0. The molecule has 0 atom stereocenters. The zero-order valence-electron chi connectivity index (χ0n) is 12.1. The molecule has 0 saturated heterocycles. The molecule has 0 aliphatic rings. The molecular formula is C16H11F3N4O. The first-order valence-corrected chi connectivity index (χ1v) is 6.88. The van der Waals surface area contributed by atoms with E-state index in [1.807, 2.05) is 0 Å². The summed E-state index contributed by atoms with van der Waals surface area (Å²) < 4.78 is 38.3. The van der Waals surface area contributed by atoms with Gasteiger partial charge < -0.3 is 5.32 Å². The number of anilines is 2. The predicted octanol–water partition coefficient (Wildman–Crippen LogP) is 4.29. The Morgan fingerprint density at radius 3 is 2.50 bits per heavy atom. The highest BCUT2D eigenvalue weighted by molar-refractivity contribution is 6.05. The van der Waals surface area contributed by atoms with E-state index in [1.165, 1.54) is 24.5 Å². The minimum absolute atomic E-state index is 0.139. The number of aromatic nitrogens is 2. The normalized spacial score (nSPS) is 11.3.